The zero-order valence-electron chi connectivity index (χ0n) is 14.3. The van der Waals surface area contributed by atoms with Crippen LogP contribution in [0.25, 0.3) is 6.08 Å². The molecule has 3 rings (SSSR count). The van der Waals surface area contributed by atoms with E-state index in [1.165, 1.54) is 17.8 Å². The SMILES string of the molecule is CCOC(=O)c1[nH]n(C)c(=O)c1C=C=C1Oc2ccccc2N1CC. The highest BCUT2D eigenvalue weighted by atomic mass is 16.5. The Morgan fingerprint density at radius 2 is 2.12 bits per heavy atom. The van der Waals surface area contributed by atoms with E-state index in [0.29, 0.717) is 12.4 Å². The number of carbonyl (C=O) groups is 1. The number of hydrogen-bond acceptors (Lipinski definition) is 5. The summed E-state index contributed by atoms with van der Waals surface area (Å²) in [5.41, 5.74) is 3.87. The summed E-state index contributed by atoms with van der Waals surface area (Å²) < 4.78 is 12.0. The Morgan fingerprint density at radius 3 is 2.84 bits per heavy atom. The van der Waals surface area contributed by atoms with Gasteiger partial charge in [-0.05, 0) is 26.0 Å². The van der Waals surface area contributed by atoms with Crippen LogP contribution in [0.5, 0.6) is 5.75 Å². The number of carbonyl (C=O) groups excluding carboxylic acids is 1. The number of para-hydroxylation sites is 2. The number of ether oxygens (including phenoxy) is 2. The molecule has 0 saturated heterocycles. The second kappa shape index (κ2) is 6.75. The van der Waals surface area contributed by atoms with Gasteiger partial charge in [0.25, 0.3) is 5.56 Å². The predicted octanol–water partition coefficient (Wildman–Crippen LogP) is 2.26. The van der Waals surface area contributed by atoms with E-state index in [0.717, 1.165) is 11.4 Å². The lowest BCUT2D eigenvalue weighted by molar-refractivity contribution is 0.0518. The van der Waals surface area contributed by atoms with Crippen molar-refractivity contribution in [1.82, 2.24) is 9.78 Å². The van der Waals surface area contributed by atoms with Crippen molar-refractivity contribution in [2.24, 2.45) is 7.05 Å². The van der Waals surface area contributed by atoms with E-state index in [2.05, 4.69) is 10.8 Å². The summed E-state index contributed by atoms with van der Waals surface area (Å²) in [5, 5.41) is 2.71. The Balaban J connectivity index is 2.04. The minimum Gasteiger partial charge on any atom is -0.461 e. The molecule has 2 aromatic rings. The van der Waals surface area contributed by atoms with E-state index in [-0.39, 0.29) is 23.4 Å². The quantitative estimate of drug-likeness (QED) is 0.682. The van der Waals surface area contributed by atoms with Gasteiger partial charge in [-0.2, -0.15) is 0 Å². The largest absolute Gasteiger partial charge is 0.461 e. The van der Waals surface area contributed by atoms with Crippen LogP contribution in [-0.2, 0) is 11.8 Å². The van der Waals surface area contributed by atoms with Crippen molar-refractivity contribution < 1.29 is 14.3 Å². The molecule has 0 fully saturated rings. The predicted molar refractivity (Wildman–Crippen MR) is 93.6 cm³/mol. The van der Waals surface area contributed by atoms with Gasteiger partial charge in [0.1, 0.15) is 0 Å². The molecule has 130 valence electrons. The van der Waals surface area contributed by atoms with Crippen LogP contribution >= 0.6 is 0 Å². The standard InChI is InChI=1S/C18H19N3O4/c1-4-21-13-8-6-7-9-14(13)25-15(21)11-10-12-16(18(23)24-5-2)19-20(3)17(12)22/h6-10,19H,4-5H2,1-3H3. The van der Waals surface area contributed by atoms with Gasteiger partial charge in [0.2, 0.25) is 5.88 Å². The Kier molecular flexibility index (Phi) is 4.50. The molecule has 1 N–H and O–H groups in total. The highest BCUT2D eigenvalue weighted by Crippen LogP contribution is 2.37. The molecule has 7 nitrogen and oxygen atoms in total. The summed E-state index contributed by atoms with van der Waals surface area (Å²) >= 11 is 0. The summed E-state index contributed by atoms with van der Waals surface area (Å²) in [6.07, 6.45) is 1.45. The van der Waals surface area contributed by atoms with Crippen molar-refractivity contribution in [3.63, 3.8) is 0 Å². The molecule has 0 radical (unpaired) electrons. The Morgan fingerprint density at radius 1 is 1.36 bits per heavy atom. The second-order valence-electron chi connectivity index (χ2n) is 5.39. The van der Waals surface area contributed by atoms with Crippen LogP contribution in [0.2, 0.25) is 0 Å². The first kappa shape index (κ1) is 16.7. The van der Waals surface area contributed by atoms with Gasteiger partial charge in [-0.3, -0.25) is 14.6 Å². The molecule has 0 saturated carbocycles. The molecule has 1 aliphatic rings. The summed E-state index contributed by atoms with van der Waals surface area (Å²) in [6, 6.07) is 7.64. The van der Waals surface area contributed by atoms with Crippen molar-refractivity contribution in [3.8, 4) is 5.75 Å². The smallest absolute Gasteiger partial charge is 0.357 e. The zero-order valence-corrected chi connectivity index (χ0v) is 14.3. The number of hydrogen-bond donors (Lipinski definition) is 1. The number of nitrogens with one attached hydrogen (secondary N) is 1. The minimum atomic E-state index is -0.582. The number of H-pyrrole nitrogens is 1. The molecule has 2 heterocycles. The van der Waals surface area contributed by atoms with Crippen molar-refractivity contribution in [2.75, 3.05) is 18.1 Å². The minimum absolute atomic E-state index is 0.0982. The van der Waals surface area contributed by atoms with Crippen LogP contribution in [0.4, 0.5) is 5.69 Å². The summed E-state index contributed by atoms with van der Waals surface area (Å²) in [4.78, 5) is 26.2. The Bertz CT molecular complexity index is 932. The highest BCUT2D eigenvalue weighted by Gasteiger charge is 2.24. The topological polar surface area (TPSA) is 76.6 Å². The molecule has 7 heteroatoms. The van der Waals surface area contributed by atoms with Crippen molar-refractivity contribution in [1.29, 1.82) is 0 Å². The lowest BCUT2D eigenvalue weighted by Crippen LogP contribution is -2.18. The lowest BCUT2D eigenvalue weighted by atomic mass is 10.2. The van der Waals surface area contributed by atoms with E-state index in [4.69, 9.17) is 9.47 Å². The number of fused-ring (bicyclic) bond motifs is 1. The van der Waals surface area contributed by atoms with Gasteiger partial charge in [0.05, 0.1) is 17.9 Å². The number of benzene rings is 1. The van der Waals surface area contributed by atoms with Gasteiger partial charge in [-0.25, -0.2) is 4.79 Å². The van der Waals surface area contributed by atoms with Crippen LogP contribution in [0.1, 0.15) is 29.9 Å². The van der Waals surface area contributed by atoms with Gasteiger partial charge in [0.15, 0.2) is 11.4 Å². The van der Waals surface area contributed by atoms with E-state index in [9.17, 15) is 9.59 Å². The first-order valence-electron chi connectivity index (χ1n) is 8.04. The number of aromatic nitrogens is 2. The molecule has 1 aromatic carbocycles. The van der Waals surface area contributed by atoms with Crippen LogP contribution in [0, 0.1) is 0 Å². The summed E-state index contributed by atoms with van der Waals surface area (Å²) in [5.74, 6) is 0.621. The fraction of sp³-hybridized carbons (Fsp3) is 0.278. The van der Waals surface area contributed by atoms with Gasteiger partial charge >= 0.3 is 5.97 Å². The average molecular weight is 341 g/mol. The maximum Gasteiger partial charge on any atom is 0.357 e. The number of anilines is 1. The third-order valence-corrected chi connectivity index (χ3v) is 3.83. The molecule has 0 atom stereocenters. The van der Waals surface area contributed by atoms with Crippen molar-refractivity contribution in [3.05, 3.63) is 57.5 Å². The molecule has 0 unspecified atom stereocenters. The fourth-order valence-corrected chi connectivity index (χ4v) is 2.65. The highest BCUT2D eigenvalue weighted by molar-refractivity contribution is 5.91. The first-order chi connectivity index (χ1) is 12.1. The molecule has 25 heavy (non-hydrogen) atoms. The third-order valence-electron chi connectivity index (χ3n) is 3.83. The van der Waals surface area contributed by atoms with Crippen LogP contribution in [-0.4, -0.2) is 28.9 Å². The molecule has 1 aromatic heterocycles. The lowest BCUT2D eigenvalue weighted by Gasteiger charge is -2.13. The number of nitrogens with zero attached hydrogens (tertiary/aromatic N) is 2. The molecular formula is C18H19N3O4. The zero-order chi connectivity index (χ0) is 18.0. The molecule has 0 spiro atoms. The Hall–Kier alpha value is -3.18. The number of esters is 1. The third kappa shape index (κ3) is 2.97. The van der Waals surface area contributed by atoms with Crippen molar-refractivity contribution >= 4 is 17.7 Å². The molecular weight excluding hydrogens is 322 g/mol. The summed E-state index contributed by atoms with van der Waals surface area (Å²) in [7, 11) is 1.54. The molecule has 0 bridgehead atoms. The molecule has 1 aliphatic heterocycles. The number of rotatable bonds is 4. The normalized spacial score (nSPS) is 12.4. The maximum atomic E-state index is 12.3. The van der Waals surface area contributed by atoms with Crippen LogP contribution in [0.3, 0.4) is 0 Å². The molecule has 0 amide bonds. The number of aromatic amines is 1. The number of aryl methyl sites for hydroxylation is 1. The monoisotopic (exact) mass is 341 g/mol. The summed E-state index contributed by atoms with van der Waals surface area (Å²) in [6.45, 7) is 4.61. The second-order valence-corrected chi connectivity index (χ2v) is 5.39. The van der Waals surface area contributed by atoms with E-state index < -0.39 is 5.97 Å². The van der Waals surface area contributed by atoms with Gasteiger partial charge < -0.3 is 14.4 Å². The van der Waals surface area contributed by atoms with E-state index >= 15 is 0 Å². The average Bonchev–Trinajstić information content (AvgIpc) is 3.11. The van der Waals surface area contributed by atoms with Gasteiger partial charge in [-0.1, -0.05) is 17.9 Å². The fourth-order valence-electron chi connectivity index (χ4n) is 2.65. The van der Waals surface area contributed by atoms with E-state index in [1.54, 1.807) is 6.92 Å². The molecule has 0 aliphatic carbocycles. The van der Waals surface area contributed by atoms with E-state index in [1.807, 2.05) is 36.1 Å². The van der Waals surface area contributed by atoms with Crippen molar-refractivity contribution in [2.45, 2.75) is 13.8 Å². The first-order valence-corrected chi connectivity index (χ1v) is 8.04. The van der Waals surface area contributed by atoms with Gasteiger partial charge in [-0.15, -0.1) is 0 Å². The maximum absolute atomic E-state index is 12.3. The van der Waals surface area contributed by atoms with Crippen LogP contribution in [0.15, 0.2) is 40.7 Å². The van der Waals surface area contributed by atoms with Crippen LogP contribution < -0.4 is 15.2 Å². The van der Waals surface area contributed by atoms with Gasteiger partial charge in [0, 0.05) is 19.7 Å². The Labute approximate surface area is 144 Å².